The smallest absolute Gasteiger partial charge is 0.257 e. The van der Waals surface area contributed by atoms with Crippen LogP contribution in [-0.2, 0) is 0 Å². The number of hydrogen-bond acceptors (Lipinski definition) is 6. The molecule has 2 aliphatic rings. The number of benzene rings is 2. The lowest BCUT2D eigenvalue weighted by Gasteiger charge is -2.46. The van der Waals surface area contributed by atoms with E-state index in [4.69, 9.17) is 35.4 Å². The van der Waals surface area contributed by atoms with Crippen LogP contribution in [0.3, 0.4) is 0 Å². The number of nitrogens with one attached hydrogen (secondary N) is 2. The van der Waals surface area contributed by atoms with Gasteiger partial charge in [0.05, 0.1) is 23.4 Å². The lowest BCUT2D eigenvalue weighted by Crippen LogP contribution is -2.51. The standard InChI is InChI=1S/C27H20Cl2N6OS/c1-35-10-9-18-20(12-30)24(33-26(37)34-25(36)16-5-3-2-4-6-16)27(14-31,15-32)23(21(18)13-35)19-8-7-17(28)11-22(19)29/h2-9,11,21,23H,10,13H2,1H3,(H2,33,34,36,37)/t21-,23+/m0/s1. The van der Waals surface area contributed by atoms with Gasteiger partial charge in [-0.3, -0.25) is 10.1 Å². The summed E-state index contributed by atoms with van der Waals surface area (Å²) in [5.41, 5.74) is -0.0846. The number of amides is 1. The van der Waals surface area contributed by atoms with Crippen molar-refractivity contribution in [2.24, 2.45) is 11.3 Å². The van der Waals surface area contributed by atoms with Crippen molar-refractivity contribution in [1.29, 1.82) is 15.8 Å². The van der Waals surface area contributed by atoms with Gasteiger partial charge in [-0.15, -0.1) is 0 Å². The fourth-order valence-corrected chi connectivity index (χ4v) is 5.68. The van der Waals surface area contributed by atoms with Crippen molar-refractivity contribution in [3.8, 4) is 18.2 Å². The molecule has 10 heteroatoms. The zero-order valence-electron chi connectivity index (χ0n) is 19.6. The van der Waals surface area contributed by atoms with E-state index in [2.05, 4.69) is 28.8 Å². The normalized spacial score (nSPS) is 20.4. The summed E-state index contributed by atoms with van der Waals surface area (Å²) in [5, 5.41) is 37.3. The Hall–Kier alpha value is -3.71. The quantitative estimate of drug-likeness (QED) is 0.536. The molecule has 2 atom stereocenters. The van der Waals surface area contributed by atoms with Crippen LogP contribution < -0.4 is 10.6 Å². The molecule has 0 spiro atoms. The summed E-state index contributed by atoms with van der Waals surface area (Å²) in [7, 11) is 1.92. The van der Waals surface area contributed by atoms with Gasteiger partial charge in [0.15, 0.2) is 10.5 Å². The van der Waals surface area contributed by atoms with Crippen molar-refractivity contribution in [2.45, 2.75) is 5.92 Å². The van der Waals surface area contributed by atoms with Crippen molar-refractivity contribution in [3.05, 3.63) is 92.6 Å². The first-order valence-electron chi connectivity index (χ1n) is 11.2. The zero-order valence-corrected chi connectivity index (χ0v) is 22.0. The number of halogens is 2. The molecule has 1 aliphatic carbocycles. The van der Waals surface area contributed by atoms with Crippen molar-refractivity contribution in [2.75, 3.05) is 20.1 Å². The average Bonchev–Trinajstić information content (AvgIpc) is 2.89. The van der Waals surface area contributed by atoms with Crippen LogP contribution in [-0.4, -0.2) is 36.1 Å². The zero-order chi connectivity index (χ0) is 26.7. The van der Waals surface area contributed by atoms with Gasteiger partial charge in [0.2, 0.25) is 0 Å². The highest BCUT2D eigenvalue weighted by Crippen LogP contribution is 2.56. The van der Waals surface area contributed by atoms with Crippen LogP contribution in [0.5, 0.6) is 0 Å². The van der Waals surface area contributed by atoms with Crippen molar-refractivity contribution in [1.82, 2.24) is 15.5 Å². The fraction of sp³-hybridized carbons (Fsp3) is 0.222. The molecule has 0 bridgehead atoms. The summed E-state index contributed by atoms with van der Waals surface area (Å²) in [5.74, 6) is -1.61. The van der Waals surface area contributed by atoms with Gasteiger partial charge in [-0.25, -0.2) is 0 Å². The fourth-order valence-electron chi connectivity index (χ4n) is 4.96. The number of nitriles is 3. The van der Waals surface area contributed by atoms with Crippen LogP contribution in [0.25, 0.3) is 0 Å². The summed E-state index contributed by atoms with van der Waals surface area (Å²) < 4.78 is 0. The average molecular weight is 547 g/mol. The van der Waals surface area contributed by atoms with Crippen LogP contribution >= 0.6 is 35.4 Å². The summed E-state index contributed by atoms with van der Waals surface area (Å²) in [4.78, 5) is 14.7. The molecular formula is C27H20Cl2N6OS. The van der Waals surface area contributed by atoms with Gasteiger partial charge in [-0.1, -0.05) is 53.5 Å². The molecule has 1 aliphatic heterocycles. The second-order valence-electron chi connectivity index (χ2n) is 8.80. The Morgan fingerprint density at radius 2 is 1.84 bits per heavy atom. The minimum atomic E-state index is -1.87. The molecule has 1 heterocycles. The minimum absolute atomic E-state index is 0.0152. The van der Waals surface area contributed by atoms with Gasteiger partial charge >= 0.3 is 0 Å². The molecule has 0 radical (unpaired) electrons. The highest BCUT2D eigenvalue weighted by atomic mass is 35.5. The Balaban J connectivity index is 1.86. The summed E-state index contributed by atoms with van der Waals surface area (Å²) in [6.45, 7) is 1.07. The lowest BCUT2D eigenvalue weighted by molar-refractivity contribution is 0.0976. The van der Waals surface area contributed by atoms with Gasteiger partial charge in [-0.2, -0.15) is 15.8 Å². The first-order valence-corrected chi connectivity index (χ1v) is 12.4. The number of nitrogens with zero attached hydrogens (tertiary/aromatic N) is 4. The van der Waals surface area contributed by atoms with Crippen LogP contribution in [0.15, 0.2) is 71.5 Å². The third kappa shape index (κ3) is 4.83. The number of carbonyl (C=O) groups excluding carboxylic acids is 1. The number of allylic oxidation sites excluding steroid dienone is 2. The third-order valence-electron chi connectivity index (χ3n) is 6.60. The molecule has 1 amide bonds. The predicted octanol–water partition coefficient (Wildman–Crippen LogP) is 4.69. The second kappa shape index (κ2) is 10.7. The number of hydrogen-bond donors (Lipinski definition) is 2. The molecule has 2 aromatic carbocycles. The van der Waals surface area contributed by atoms with E-state index in [-0.39, 0.29) is 22.3 Å². The van der Waals surface area contributed by atoms with Crippen molar-refractivity contribution >= 4 is 46.4 Å². The Bertz CT molecular complexity index is 1450. The van der Waals surface area contributed by atoms with Gasteiger partial charge < -0.3 is 10.2 Å². The number of likely N-dealkylation sites (N-methyl/N-ethyl adjacent to an activating group) is 1. The highest BCUT2D eigenvalue weighted by molar-refractivity contribution is 7.80. The van der Waals surface area contributed by atoms with E-state index in [0.29, 0.717) is 39.8 Å². The molecular weight excluding hydrogens is 527 g/mol. The van der Waals surface area contributed by atoms with Gasteiger partial charge in [0.1, 0.15) is 6.07 Å². The van der Waals surface area contributed by atoms with E-state index in [0.717, 1.165) is 0 Å². The van der Waals surface area contributed by atoms with E-state index < -0.39 is 17.2 Å². The topological polar surface area (TPSA) is 116 Å². The molecule has 0 fully saturated rings. The van der Waals surface area contributed by atoms with Crippen molar-refractivity contribution < 1.29 is 4.79 Å². The minimum Gasteiger partial charge on any atom is -0.332 e. The molecule has 2 N–H and O–H groups in total. The summed E-state index contributed by atoms with van der Waals surface area (Å²) in [6.07, 6.45) is 1.91. The lowest BCUT2D eigenvalue weighted by atomic mass is 9.58. The van der Waals surface area contributed by atoms with E-state index in [9.17, 15) is 20.6 Å². The molecule has 0 saturated heterocycles. The number of rotatable bonds is 3. The highest BCUT2D eigenvalue weighted by Gasteiger charge is 2.56. The van der Waals surface area contributed by atoms with Crippen LogP contribution in [0, 0.1) is 45.3 Å². The van der Waals surface area contributed by atoms with E-state index in [1.807, 2.05) is 18.0 Å². The van der Waals surface area contributed by atoms with E-state index in [1.165, 1.54) is 0 Å². The largest absolute Gasteiger partial charge is 0.332 e. The predicted molar refractivity (Wildman–Crippen MR) is 144 cm³/mol. The molecule has 184 valence electrons. The maximum Gasteiger partial charge on any atom is 0.257 e. The number of carbonyl (C=O) groups is 1. The van der Waals surface area contributed by atoms with E-state index in [1.54, 1.807) is 48.5 Å². The van der Waals surface area contributed by atoms with Gasteiger partial charge in [0.25, 0.3) is 5.91 Å². The van der Waals surface area contributed by atoms with E-state index >= 15 is 0 Å². The first kappa shape index (κ1) is 26.4. The molecule has 4 rings (SSSR count). The van der Waals surface area contributed by atoms with Gasteiger partial charge in [0, 0.05) is 40.5 Å². The SMILES string of the molecule is CN1CC=C2C(C#N)=C(NC(=S)NC(=O)c3ccccc3)C(C#N)(C#N)[C@H](c3ccc(Cl)cc3Cl)[C@H]2C1. The molecule has 37 heavy (non-hydrogen) atoms. The number of thiocarbonyl (C=S) groups is 1. The summed E-state index contributed by atoms with van der Waals surface area (Å²) in [6, 6.07) is 19.9. The summed E-state index contributed by atoms with van der Waals surface area (Å²) >= 11 is 18.2. The Kier molecular flexibility index (Phi) is 7.64. The van der Waals surface area contributed by atoms with Crippen LogP contribution in [0.4, 0.5) is 0 Å². The molecule has 0 aromatic heterocycles. The Morgan fingerprint density at radius 1 is 1.14 bits per heavy atom. The third-order valence-corrected chi connectivity index (χ3v) is 7.36. The van der Waals surface area contributed by atoms with Crippen LogP contribution in [0.1, 0.15) is 21.8 Å². The van der Waals surface area contributed by atoms with Crippen LogP contribution in [0.2, 0.25) is 10.0 Å². The Morgan fingerprint density at radius 3 is 2.46 bits per heavy atom. The maximum atomic E-state index is 12.7. The maximum absolute atomic E-state index is 12.7. The molecule has 0 unspecified atom stereocenters. The van der Waals surface area contributed by atoms with Crippen molar-refractivity contribution in [3.63, 3.8) is 0 Å². The number of fused-ring (bicyclic) bond motifs is 1. The first-order chi connectivity index (χ1) is 17.7. The molecule has 7 nitrogen and oxygen atoms in total. The molecule has 0 saturated carbocycles. The second-order valence-corrected chi connectivity index (χ2v) is 10.1. The monoisotopic (exact) mass is 546 g/mol. The van der Waals surface area contributed by atoms with Gasteiger partial charge in [-0.05, 0) is 54.7 Å². The Labute approximate surface area is 230 Å². The molecule has 2 aromatic rings.